The van der Waals surface area contributed by atoms with Gasteiger partial charge in [-0.05, 0) is 11.6 Å². The van der Waals surface area contributed by atoms with Crippen molar-refractivity contribution in [1.82, 2.24) is 4.90 Å². The molecule has 1 saturated heterocycles. The summed E-state index contributed by atoms with van der Waals surface area (Å²) < 4.78 is 26.1. The molecular weight excluding hydrogens is 236 g/mol. The molecule has 0 radical (unpaired) electrons. The minimum Gasteiger partial charge on any atom is -0.338 e. The van der Waals surface area contributed by atoms with E-state index in [0.29, 0.717) is 5.56 Å². The van der Waals surface area contributed by atoms with Crippen LogP contribution >= 0.6 is 0 Å². The molecule has 0 bridgehead atoms. The Bertz CT molecular complexity index is 461. The number of hydrogen-bond acceptors (Lipinski definition) is 1. The summed E-state index contributed by atoms with van der Waals surface area (Å²) >= 11 is 0. The zero-order chi connectivity index (χ0) is 13.2. The standard InChI is InChI=1S/C14H15F2NO/c1-2-11-5-3-4-6-12(11)13(18)17-9-7-14(15,16)8-10-17/h2-6H,1,7-10H2. The molecule has 1 aromatic carbocycles. The van der Waals surface area contributed by atoms with Crippen molar-refractivity contribution in [3.8, 4) is 0 Å². The van der Waals surface area contributed by atoms with Gasteiger partial charge in [0.05, 0.1) is 0 Å². The molecule has 1 aliphatic heterocycles. The van der Waals surface area contributed by atoms with Gasteiger partial charge in [0.1, 0.15) is 0 Å². The molecule has 0 unspecified atom stereocenters. The van der Waals surface area contributed by atoms with Gasteiger partial charge in [-0.2, -0.15) is 0 Å². The number of benzene rings is 1. The molecule has 1 aromatic rings. The maximum Gasteiger partial charge on any atom is 0.254 e. The van der Waals surface area contributed by atoms with E-state index in [2.05, 4.69) is 6.58 Å². The molecule has 2 nitrogen and oxygen atoms in total. The Labute approximate surface area is 105 Å². The highest BCUT2D eigenvalue weighted by Crippen LogP contribution is 2.28. The lowest BCUT2D eigenvalue weighted by Crippen LogP contribution is -2.42. The van der Waals surface area contributed by atoms with Gasteiger partial charge in [-0.3, -0.25) is 4.79 Å². The minimum absolute atomic E-state index is 0.108. The fraction of sp³-hybridized carbons (Fsp3) is 0.357. The van der Waals surface area contributed by atoms with E-state index >= 15 is 0 Å². The Hall–Kier alpha value is -1.71. The molecule has 1 amide bonds. The molecule has 2 rings (SSSR count). The van der Waals surface area contributed by atoms with Gasteiger partial charge in [-0.25, -0.2) is 8.78 Å². The van der Waals surface area contributed by atoms with E-state index < -0.39 is 5.92 Å². The molecule has 4 heteroatoms. The van der Waals surface area contributed by atoms with Crippen LogP contribution in [0, 0.1) is 0 Å². The van der Waals surface area contributed by atoms with Crippen molar-refractivity contribution in [2.45, 2.75) is 18.8 Å². The third-order valence-electron chi connectivity index (χ3n) is 3.19. The molecule has 0 aromatic heterocycles. The van der Waals surface area contributed by atoms with Gasteiger partial charge in [0.25, 0.3) is 11.8 Å². The second-order valence-electron chi connectivity index (χ2n) is 4.44. The number of carbonyl (C=O) groups excluding carboxylic acids is 1. The number of hydrogen-bond donors (Lipinski definition) is 0. The predicted octanol–water partition coefficient (Wildman–Crippen LogP) is 3.20. The fourth-order valence-electron chi connectivity index (χ4n) is 2.08. The molecule has 1 heterocycles. The first-order valence-electron chi connectivity index (χ1n) is 5.92. The van der Waals surface area contributed by atoms with Crippen LogP contribution in [0.2, 0.25) is 0 Å². The highest BCUT2D eigenvalue weighted by atomic mass is 19.3. The lowest BCUT2D eigenvalue weighted by atomic mass is 10.0. The smallest absolute Gasteiger partial charge is 0.254 e. The Morgan fingerprint density at radius 1 is 1.28 bits per heavy atom. The number of amides is 1. The first-order chi connectivity index (χ1) is 8.53. The van der Waals surface area contributed by atoms with Crippen molar-refractivity contribution >= 4 is 12.0 Å². The highest BCUT2D eigenvalue weighted by Gasteiger charge is 2.35. The van der Waals surface area contributed by atoms with Crippen molar-refractivity contribution < 1.29 is 13.6 Å². The molecule has 18 heavy (non-hydrogen) atoms. The normalized spacial score (nSPS) is 18.4. The molecule has 0 saturated carbocycles. The van der Waals surface area contributed by atoms with Gasteiger partial charge < -0.3 is 4.90 Å². The number of nitrogens with zero attached hydrogens (tertiary/aromatic N) is 1. The Balaban J connectivity index is 2.15. The number of alkyl halides is 2. The van der Waals surface area contributed by atoms with Crippen LogP contribution < -0.4 is 0 Å². The molecule has 0 N–H and O–H groups in total. The van der Waals surface area contributed by atoms with Crippen LogP contribution in [0.15, 0.2) is 30.8 Å². The van der Waals surface area contributed by atoms with Crippen molar-refractivity contribution in [2.75, 3.05) is 13.1 Å². The van der Waals surface area contributed by atoms with E-state index in [1.54, 1.807) is 24.3 Å². The first-order valence-corrected chi connectivity index (χ1v) is 5.92. The molecule has 0 spiro atoms. The highest BCUT2D eigenvalue weighted by molar-refractivity contribution is 5.97. The van der Waals surface area contributed by atoms with E-state index in [-0.39, 0.29) is 31.8 Å². The van der Waals surface area contributed by atoms with E-state index in [1.165, 1.54) is 4.90 Å². The molecule has 1 fully saturated rings. The quantitative estimate of drug-likeness (QED) is 0.790. The summed E-state index contributed by atoms with van der Waals surface area (Å²) in [5, 5.41) is 0. The Morgan fingerprint density at radius 2 is 1.89 bits per heavy atom. The van der Waals surface area contributed by atoms with Crippen LogP contribution in [0.1, 0.15) is 28.8 Å². The largest absolute Gasteiger partial charge is 0.338 e. The fourth-order valence-corrected chi connectivity index (χ4v) is 2.08. The molecule has 1 aliphatic rings. The summed E-state index contributed by atoms with van der Waals surface area (Å²) in [5.41, 5.74) is 1.26. The summed E-state index contributed by atoms with van der Waals surface area (Å²) in [5.74, 6) is -2.82. The van der Waals surface area contributed by atoms with E-state index in [9.17, 15) is 13.6 Å². The number of carbonyl (C=O) groups is 1. The van der Waals surface area contributed by atoms with Crippen molar-refractivity contribution in [3.63, 3.8) is 0 Å². The van der Waals surface area contributed by atoms with Gasteiger partial charge in [-0.1, -0.05) is 30.9 Å². The van der Waals surface area contributed by atoms with Crippen LogP contribution in [0.4, 0.5) is 8.78 Å². The third kappa shape index (κ3) is 2.58. The average Bonchev–Trinajstić information content (AvgIpc) is 2.38. The average molecular weight is 251 g/mol. The zero-order valence-corrected chi connectivity index (χ0v) is 10.0. The van der Waals surface area contributed by atoms with E-state index in [1.807, 2.05) is 6.07 Å². The van der Waals surface area contributed by atoms with Crippen LogP contribution in [-0.4, -0.2) is 29.8 Å². The predicted molar refractivity (Wildman–Crippen MR) is 66.6 cm³/mol. The number of halogens is 2. The van der Waals surface area contributed by atoms with Crippen molar-refractivity contribution in [1.29, 1.82) is 0 Å². The van der Waals surface area contributed by atoms with E-state index in [0.717, 1.165) is 5.56 Å². The van der Waals surface area contributed by atoms with E-state index in [4.69, 9.17) is 0 Å². The van der Waals surface area contributed by atoms with Crippen LogP contribution in [0.25, 0.3) is 6.08 Å². The molecule has 96 valence electrons. The topological polar surface area (TPSA) is 20.3 Å². The number of likely N-dealkylation sites (tertiary alicyclic amines) is 1. The Kier molecular flexibility index (Phi) is 3.45. The number of piperidine rings is 1. The molecule has 0 aliphatic carbocycles. The lowest BCUT2D eigenvalue weighted by Gasteiger charge is -2.32. The summed E-state index contributed by atoms with van der Waals surface area (Å²) in [4.78, 5) is 13.7. The van der Waals surface area contributed by atoms with Crippen molar-refractivity contribution in [3.05, 3.63) is 42.0 Å². The maximum absolute atomic E-state index is 13.0. The lowest BCUT2D eigenvalue weighted by molar-refractivity contribution is -0.0494. The van der Waals surface area contributed by atoms with Gasteiger partial charge in [0, 0.05) is 31.5 Å². The molecular formula is C14H15F2NO. The second kappa shape index (κ2) is 4.88. The summed E-state index contributed by atoms with van der Waals surface area (Å²) in [7, 11) is 0. The Morgan fingerprint density at radius 3 is 2.50 bits per heavy atom. The van der Waals surface area contributed by atoms with Crippen LogP contribution in [0.5, 0.6) is 0 Å². The second-order valence-corrected chi connectivity index (χ2v) is 4.44. The van der Waals surface area contributed by atoms with Crippen molar-refractivity contribution in [2.24, 2.45) is 0 Å². The SMILES string of the molecule is C=Cc1ccccc1C(=O)N1CCC(F)(F)CC1. The maximum atomic E-state index is 13.0. The summed E-state index contributed by atoms with van der Waals surface area (Å²) in [6.07, 6.45) is 1.09. The van der Waals surface area contributed by atoms with Gasteiger partial charge in [0.15, 0.2) is 0 Å². The van der Waals surface area contributed by atoms with Gasteiger partial charge >= 0.3 is 0 Å². The van der Waals surface area contributed by atoms with Crippen LogP contribution in [0.3, 0.4) is 0 Å². The third-order valence-corrected chi connectivity index (χ3v) is 3.19. The summed E-state index contributed by atoms with van der Waals surface area (Å²) in [6, 6.07) is 7.07. The van der Waals surface area contributed by atoms with Gasteiger partial charge in [-0.15, -0.1) is 0 Å². The minimum atomic E-state index is -2.63. The zero-order valence-electron chi connectivity index (χ0n) is 10.0. The first kappa shape index (κ1) is 12.7. The van der Waals surface area contributed by atoms with Crippen LogP contribution in [-0.2, 0) is 0 Å². The summed E-state index contributed by atoms with van der Waals surface area (Å²) in [6.45, 7) is 3.87. The van der Waals surface area contributed by atoms with Gasteiger partial charge in [0.2, 0.25) is 0 Å². The number of rotatable bonds is 2. The monoisotopic (exact) mass is 251 g/mol. The molecule has 0 atom stereocenters.